The first-order valence-corrected chi connectivity index (χ1v) is 7.40. The summed E-state index contributed by atoms with van der Waals surface area (Å²) in [5.41, 5.74) is -9.52. The van der Waals surface area contributed by atoms with Crippen LogP contribution in [-0.2, 0) is 17.4 Å². The Morgan fingerprint density at radius 3 is 0.750 bits per heavy atom. The predicted molar refractivity (Wildman–Crippen MR) is 87.8 cm³/mol. The highest BCUT2D eigenvalue weighted by molar-refractivity contribution is 5.30. The van der Waals surface area contributed by atoms with Gasteiger partial charge in [0, 0.05) is 0 Å². The molecule has 30 heteroatoms. The molecule has 0 atom stereocenters. The van der Waals surface area contributed by atoms with E-state index in [-0.39, 0.29) is 0 Å². The summed E-state index contributed by atoms with van der Waals surface area (Å²) in [4.78, 5) is 78.6. The summed E-state index contributed by atoms with van der Waals surface area (Å²) < 4.78 is 0. The van der Waals surface area contributed by atoms with E-state index in [4.69, 9.17) is 0 Å². The first-order valence-electron chi connectivity index (χ1n) is 7.40. The molecule has 1 aromatic heterocycles. The van der Waals surface area contributed by atoms with Gasteiger partial charge in [-0.25, -0.2) is 0 Å². The zero-order valence-electron chi connectivity index (χ0n) is 15.7. The highest BCUT2D eigenvalue weighted by atomic mass is 16.8. The molecule has 0 spiro atoms. The van der Waals surface area contributed by atoms with E-state index in [0.29, 0.717) is 0 Å². The van der Waals surface area contributed by atoms with Crippen LogP contribution in [0.5, 0.6) is 0 Å². The van der Waals surface area contributed by atoms with E-state index in [1.165, 1.54) is 0 Å². The zero-order chi connectivity index (χ0) is 28.5. The Morgan fingerprint density at radius 1 is 0.389 bits per heavy atom. The molecule has 0 bridgehead atoms. The molecule has 0 saturated heterocycles. The summed E-state index contributed by atoms with van der Waals surface area (Å²) in [5, 5.41) is 109. The van der Waals surface area contributed by atoms with E-state index in [1.807, 2.05) is 0 Å². The van der Waals surface area contributed by atoms with Crippen molar-refractivity contribution in [3.05, 3.63) is 108 Å². The van der Waals surface area contributed by atoms with Crippen LogP contribution < -0.4 is 0 Å². The van der Waals surface area contributed by atoms with Gasteiger partial charge in [0.25, 0.3) is 5.56 Å². The summed E-state index contributed by atoms with van der Waals surface area (Å²) in [6.45, 7) is 0. The van der Waals surface area contributed by atoms with Crippen LogP contribution in [-0.4, -0.2) is 59.7 Å². The van der Waals surface area contributed by atoms with Crippen LogP contribution >= 0.6 is 0 Å². The molecule has 0 unspecified atom stereocenters. The van der Waals surface area contributed by atoms with Crippen molar-refractivity contribution in [2.75, 3.05) is 0 Å². The molecule has 1 rings (SSSR count). The van der Waals surface area contributed by atoms with Crippen molar-refractivity contribution < 1.29 is 44.3 Å². The highest BCUT2D eigenvalue weighted by Gasteiger charge is 2.90. The number of hydrogen-bond donors (Lipinski definition) is 0. The van der Waals surface area contributed by atoms with Crippen molar-refractivity contribution >= 4 is 0 Å². The van der Waals surface area contributed by atoms with Crippen molar-refractivity contribution in [3.8, 4) is 0 Å². The Kier molecular flexibility index (Phi) is 6.54. The molecule has 0 aliphatic heterocycles. The predicted octanol–water partition coefficient (Wildman–Crippen LogP) is -3.31. The Morgan fingerprint density at radius 2 is 0.583 bits per heavy atom. The van der Waals surface area contributed by atoms with Crippen molar-refractivity contribution in [1.82, 2.24) is 15.4 Å². The lowest BCUT2D eigenvalue weighted by Crippen LogP contribution is -2.60. The van der Waals surface area contributed by atoms with Gasteiger partial charge in [-0.15, -0.1) is 10.2 Å². The molecule has 1 aromatic rings. The minimum absolute atomic E-state index is 2.17. The van der Waals surface area contributed by atoms with Crippen molar-refractivity contribution in [2.45, 2.75) is 17.4 Å². The third kappa shape index (κ3) is 3.08. The van der Waals surface area contributed by atoms with Crippen molar-refractivity contribution in [2.24, 2.45) is 0 Å². The molecule has 1 heterocycles. The fraction of sp³-hybridized carbons (Fsp3) is 0.500. The molecule has 192 valence electrons. The number of aromatic nitrogens is 3. The summed E-state index contributed by atoms with van der Waals surface area (Å²) in [6, 6.07) is 0. The molecular formula is C6N12O18. The Labute approximate surface area is 186 Å². The van der Waals surface area contributed by atoms with Gasteiger partial charge in [0.05, 0.1) is 0 Å². The third-order valence-corrected chi connectivity index (χ3v) is 4.03. The highest BCUT2D eigenvalue weighted by Crippen LogP contribution is 2.41. The van der Waals surface area contributed by atoms with Gasteiger partial charge < -0.3 is 0 Å². The van der Waals surface area contributed by atoms with Crippen LogP contribution in [0.25, 0.3) is 0 Å². The van der Waals surface area contributed by atoms with Gasteiger partial charge in [-0.3, -0.25) is 91.0 Å². The maximum Gasteiger partial charge on any atom is 0.748 e. The molecule has 36 heavy (non-hydrogen) atoms. The van der Waals surface area contributed by atoms with Gasteiger partial charge in [0.1, 0.15) is 0 Å². The van der Waals surface area contributed by atoms with Crippen LogP contribution in [0.4, 0.5) is 0 Å². The third-order valence-electron chi connectivity index (χ3n) is 4.03. The van der Waals surface area contributed by atoms with Gasteiger partial charge in [-0.1, -0.05) is 0 Å². The molecular weight excluding hydrogens is 528 g/mol. The normalized spacial score (nSPS) is 11.7. The standard InChI is InChI=1S/C6N12O18/c19-10(20)4(11(21)22,12(23)24)1-2(5(13(25)26,14(27)28)15(29)30)7-9-8-3(1)6(16(31)32,17(33)34)18(35)36. The van der Waals surface area contributed by atoms with Gasteiger partial charge in [0.15, 0.2) is 44.3 Å². The second-order valence-electron chi connectivity index (χ2n) is 5.58. The van der Waals surface area contributed by atoms with Gasteiger partial charge >= 0.3 is 28.7 Å². The summed E-state index contributed by atoms with van der Waals surface area (Å²) >= 11 is 0. The quantitative estimate of drug-likeness (QED) is 0.145. The molecule has 0 N–H and O–H groups in total. The maximum absolute atomic E-state index is 11.5. The fourth-order valence-corrected chi connectivity index (χ4v) is 2.50. The minimum Gasteiger partial charge on any atom is -0.252 e. The molecule has 30 nitrogen and oxygen atoms in total. The maximum atomic E-state index is 11.5. The van der Waals surface area contributed by atoms with E-state index >= 15 is 0 Å². The Bertz CT molecular complexity index is 1090. The van der Waals surface area contributed by atoms with Crippen molar-refractivity contribution in [1.29, 1.82) is 0 Å². The van der Waals surface area contributed by atoms with Crippen molar-refractivity contribution in [3.63, 3.8) is 0 Å². The SMILES string of the molecule is O=[N+]([O-])C(c1nnnc(C([N+](=O)[O-])([N+](=O)[O-])[N+](=O)[O-])c1C([N+](=O)[O-])([N+](=O)[O-])[N+](=O)[O-])([N+](=O)[O-])[N+](=O)[O-]. The fourth-order valence-electron chi connectivity index (χ4n) is 2.50. The molecule has 0 aromatic carbocycles. The molecule has 0 aliphatic rings. The minimum atomic E-state index is -5.73. The topological polar surface area (TPSA) is 427 Å². The van der Waals surface area contributed by atoms with Gasteiger partial charge in [-0.05, 0) is 5.21 Å². The van der Waals surface area contributed by atoms with E-state index in [0.717, 1.165) is 0 Å². The second kappa shape index (κ2) is 8.51. The van der Waals surface area contributed by atoms with Crippen LogP contribution in [0.2, 0.25) is 0 Å². The van der Waals surface area contributed by atoms with Crippen LogP contribution in [0.15, 0.2) is 0 Å². The molecule has 0 saturated carbocycles. The molecule has 0 radical (unpaired) electrons. The molecule has 0 aliphatic carbocycles. The lowest BCUT2D eigenvalue weighted by atomic mass is 9.97. The smallest absolute Gasteiger partial charge is 0.252 e. The summed E-state index contributed by atoms with van der Waals surface area (Å²) in [5.74, 6) is -16.8. The lowest BCUT2D eigenvalue weighted by Gasteiger charge is -2.15. The number of nitro groups is 9. The Hall–Kier alpha value is -6.39. The summed E-state index contributed by atoms with van der Waals surface area (Å²) in [7, 11) is 0. The number of hydrogen-bond acceptors (Lipinski definition) is 21. The first-order chi connectivity index (χ1) is 16.3. The van der Waals surface area contributed by atoms with Crippen LogP contribution in [0.1, 0.15) is 17.0 Å². The monoisotopic (exact) mass is 528 g/mol. The summed E-state index contributed by atoms with van der Waals surface area (Å²) in [6.07, 6.45) is 0. The zero-order valence-corrected chi connectivity index (χ0v) is 15.7. The van der Waals surface area contributed by atoms with E-state index in [1.54, 1.807) is 0 Å². The second-order valence-corrected chi connectivity index (χ2v) is 5.58. The lowest BCUT2D eigenvalue weighted by molar-refractivity contribution is -1.00. The molecule has 0 fully saturated rings. The number of rotatable bonds is 12. The van der Waals surface area contributed by atoms with Gasteiger partial charge in [0.2, 0.25) is 0 Å². The largest absolute Gasteiger partial charge is 0.748 e. The first kappa shape index (κ1) is 27.6. The average molecular weight is 528 g/mol. The van der Waals surface area contributed by atoms with Crippen LogP contribution in [0.3, 0.4) is 0 Å². The van der Waals surface area contributed by atoms with E-state index < -0.39 is 78.6 Å². The Balaban J connectivity index is 4.99. The average Bonchev–Trinajstić information content (AvgIpc) is 2.68. The van der Waals surface area contributed by atoms with E-state index in [9.17, 15) is 91.0 Å². The van der Waals surface area contributed by atoms with E-state index in [2.05, 4.69) is 15.4 Å². The molecule has 0 amide bonds. The van der Waals surface area contributed by atoms with Gasteiger partial charge in [-0.2, -0.15) is 0 Å². The van der Waals surface area contributed by atoms with Crippen LogP contribution in [0, 0.1) is 91.0 Å². The number of nitrogens with zero attached hydrogens (tertiary/aromatic N) is 12.